The standard InChI is InChI=1S/C16H16N2O2/c19-16(10-7-11-5-6-12(8-10)20-11)15-9-17-13-3-1-2-4-14(13)18-15/h1-4,9-12H,5-8H2. The summed E-state index contributed by atoms with van der Waals surface area (Å²) in [6, 6.07) is 7.65. The van der Waals surface area contributed by atoms with Gasteiger partial charge in [-0.25, -0.2) is 4.98 Å². The first kappa shape index (κ1) is 12.0. The molecule has 2 unspecified atom stereocenters. The molecule has 0 spiro atoms. The molecule has 0 amide bonds. The van der Waals surface area contributed by atoms with Gasteiger partial charge in [0, 0.05) is 5.92 Å². The molecular weight excluding hydrogens is 252 g/mol. The lowest BCUT2D eigenvalue weighted by molar-refractivity contribution is -0.0150. The van der Waals surface area contributed by atoms with Crippen LogP contribution in [0.1, 0.15) is 36.2 Å². The Bertz CT molecular complexity index is 658. The van der Waals surface area contributed by atoms with E-state index < -0.39 is 0 Å². The topological polar surface area (TPSA) is 52.1 Å². The summed E-state index contributed by atoms with van der Waals surface area (Å²) in [5, 5.41) is 0. The first-order chi connectivity index (χ1) is 9.79. The molecule has 2 aromatic rings. The van der Waals surface area contributed by atoms with Crippen molar-refractivity contribution in [2.24, 2.45) is 5.92 Å². The molecule has 1 aromatic carbocycles. The maximum atomic E-state index is 12.6. The molecule has 2 atom stereocenters. The molecule has 3 heterocycles. The molecule has 20 heavy (non-hydrogen) atoms. The van der Waals surface area contributed by atoms with Crippen LogP contribution in [-0.4, -0.2) is 28.0 Å². The van der Waals surface area contributed by atoms with E-state index in [4.69, 9.17) is 4.74 Å². The quantitative estimate of drug-likeness (QED) is 0.786. The average molecular weight is 268 g/mol. The van der Waals surface area contributed by atoms with Gasteiger partial charge in [-0.2, -0.15) is 0 Å². The lowest BCUT2D eigenvalue weighted by Gasteiger charge is -2.26. The first-order valence-electron chi connectivity index (χ1n) is 7.21. The number of carbonyl (C=O) groups excluding carboxylic acids is 1. The van der Waals surface area contributed by atoms with Gasteiger partial charge in [-0.3, -0.25) is 9.78 Å². The minimum atomic E-state index is 0.0525. The summed E-state index contributed by atoms with van der Waals surface area (Å²) in [5.41, 5.74) is 2.11. The molecule has 4 rings (SSSR count). The van der Waals surface area contributed by atoms with Gasteiger partial charge in [-0.1, -0.05) is 12.1 Å². The first-order valence-corrected chi connectivity index (χ1v) is 7.21. The van der Waals surface area contributed by atoms with Crippen LogP contribution in [0.3, 0.4) is 0 Å². The fraction of sp³-hybridized carbons (Fsp3) is 0.438. The number of Topliss-reactive ketones (excluding diaryl/α,β-unsaturated/α-hetero) is 1. The van der Waals surface area contributed by atoms with Crippen LogP contribution in [0.15, 0.2) is 30.5 Å². The van der Waals surface area contributed by atoms with Crippen LogP contribution < -0.4 is 0 Å². The van der Waals surface area contributed by atoms with Crippen LogP contribution in [0.4, 0.5) is 0 Å². The molecule has 0 radical (unpaired) electrons. The summed E-state index contributed by atoms with van der Waals surface area (Å²) in [6.45, 7) is 0. The molecule has 1 aromatic heterocycles. The number of nitrogens with zero attached hydrogens (tertiary/aromatic N) is 2. The van der Waals surface area contributed by atoms with E-state index in [9.17, 15) is 4.79 Å². The van der Waals surface area contributed by atoms with Gasteiger partial charge in [0.15, 0.2) is 5.78 Å². The van der Waals surface area contributed by atoms with Crippen molar-refractivity contribution >= 4 is 16.8 Å². The Kier molecular flexibility index (Phi) is 2.77. The van der Waals surface area contributed by atoms with Gasteiger partial charge in [0.1, 0.15) is 5.69 Å². The molecule has 0 saturated carbocycles. The number of ketones is 1. The maximum Gasteiger partial charge on any atom is 0.186 e. The molecule has 4 heteroatoms. The van der Waals surface area contributed by atoms with Crippen LogP contribution in [0.5, 0.6) is 0 Å². The van der Waals surface area contributed by atoms with E-state index in [0.29, 0.717) is 5.69 Å². The minimum absolute atomic E-state index is 0.0525. The summed E-state index contributed by atoms with van der Waals surface area (Å²) < 4.78 is 5.80. The predicted octanol–water partition coefficient (Wildman–Crippen LogP) is 2.77. The Morgan fingerprint density at radius 1 is 1.10 bits per heavy atom. The maximum absolute atomic E-state index is 12.6. The molecular formula is C16H16N2O2. The van der Waals surface area contributed by atoms with Gasteiger partial charge in [-0.05, 0) is 37.8 Å². The van der Waals surface area contributed by atoms with Crippen molar-refractivity contribution in [3.8, 4) is 0 Å². The van der Waals surface area contributed by atoms with Crippen LogP contribution >= 0.6 is 0 Å². The largest absolute Gasteiger partial charge is 0.375 e. The van der Waals surface area contributed by atoms with Crippen molar-refractivity contribution < 1.29 is 9.53 Å². The van der Waals surface area contributed by atoms with E-state index in [1.165, 1.54) is 0 Å². The fourth-order valence-corrected chi connectivity index (χ4v) is 3.36. The Morgan fingerprint density at radius 2 is 1.80 bits per heavy atom. The van der Waals surface area contributed by atoms with E-state index in [-0.39, 0.29) is 23.9 Å². The summed E-state index contributed by atoms with van der Waals surface area (Å²) in [4.78, 5) is 21.4. The zero-order valence-corrected chi connectivity index (χ0v) is 11.2. The van der Waals surface area contributed by atoms with E-state index in [1.807, 2.05) is 24.3 Å². The zero-order chi connectivity index (χ0) is 13.5. The third-order valence-corrected chi connectivity index (χ3v) is 4.36. The van der Waals surface area contributed by atoms with Gasteiger partial charge in [0.05, 0.1) is 29.4 Å². The highest BCUT2D eigenvalue weighted by Crippen LogP contribution is 2.37. The molecule has 102 valence electrons. The van der Waals surface area contributed by atoms with Gasteiger partial charge < -0.3 is 4.74 Å². The third-order valence-electron chi connectivity index (χ3n) is 4.36. The second-order valence-corrected chi connectivity index (χ2v) is 5.73. The SMILES string of the molecule is O=C(c1cnc2ccccc2n1)C1CC2CCC(C1)O2. The van der Waals surface area contributed by atoms with Crippen LogP contribution in [0, 0.1) is 5.92 Å². The molecule has 0 N–H and O–H groups in total. The number of aromatic nitrogens is 2. The monoisotopic (exact) mass is 268 g/mol. The predicted molar refractivity (Wildman–Crippen MR) is 74.5 cm³/mol. The summed E-state index contributed by atoms with van der Waals surface area (Å²) in [6.07, 6.45) is 6.03. The highest BCUT2D eigenvalue weighted by atomic mass is 16.5. The number of rotatable bonds is 2. The Balaban J connectivity index is 1.63. The van der Waals surface area contributed by atoms with Gasteiger partial charge >= 0.3 is 0 Å². The number of ether oxygens (including phenoxy) is 1. The van der Waals surface area contributed by atoms with Gasteiger partial charge in [0.2, 0.25) is 0 Å². The minimum Gasteiger partial charge on any atom is -0.375 e. The Hall–Kier alpha value is -1.81. The summed E-state index contributed by atoms with van der Waals surface area (Å²) >= 11 is 0. The smallest absolute Gasteiger partial charge is 0.186 e. The molecule has 4 nitrogen and oxygen atoms in total. The van der Waals surface area contributed by atoms with Crippen LogP contribution in [0.2, 0.25) is 0 Å². The van der Waals surface area contributed by atoms with E-state index in [1.54, 1.807) is 6.20 Å². The number of fused-ring (bicyclic) bond motifs is 3. The van der Waals surface area contributed by atoms with Gasteiger partial charge in [0.25, 0.3) is 0 Å². The molecule has 2 bridgehead atoms. The molecule has 0 aliphatic carbocycles. The number of carbonyl (C=O) groups is 1. The normalized spacial score (nSPS) is 28.7. The molecule has 2 fully saturated rings. The molecule has 2 aliphatic heterocycles. The van der Waals surface area contributed by atoms with E-state index >= 15 is 0 Å². The molecule has 2 aliphatic rings. The van der Waals surface area contributed by atoms with E-state index in [0.717, 1.165) is 36.7 Å². The lowest BCUT2D eigenvalue weighted by atomic mass is 9.90. The lowest BCUT2D eigenvalue weighted by Crippen LogP contribution is -2.30. The average Bonchev–Trinajstić information content (AvgIpc) is 2.84. The summed E-state index contributed by atoms with van der Waals surface area (Å²) in [7, 11) is 0. The summed E-state index contributed by atoms with van der Waals surface area (Å²) in [5.74, 6) is 0.181. The van der Waals surface area contributed by atoms with Crippen molar-refractivity contribution in [3.05, 3.63) is 36.2 Å². The van der Waals surface area contributed by atoms with Gasteiger partial charge in [-0.15, -0.1) is 0 Å². The highest BCUT2D eigenvalue weighted by molar-refractivity contribution is 5.97. The number of hydrogen-bond donors (Lipinski definition) is 0. The van der Waals surface area contributed by atoms with Crippen LogP contribution in [-0.2, 0) is 4.74 Å². The zero-order valence-electron chi connectivity index (χ0n) is 11.2. The van der Waals surface area contributed by atoms with Crippen molar-refractivity contribution in [2.75, 3.05) is 0 Å². The number of benzene rings is 1. The Morgan fingerprint density at radius 3 is 2.55 bits per heavy atom. The third kappa shape index (κ3) is 2.00. The highest BCUT2D eigenvalue weighted by Gasteiger charge is 2.38. The number of hydrogen-bond acceptors (Lipinski definition) is 4. The fourth-order valence-electron chi connectivity index (χ4n) is 3.36. The van der Waals surface area contributed by atoms with Crippen molar-refractivity contribution in [2.45, 2.75) is 37.9 Å². The van der Waals surface area contributed by atoms with Crippen molar-refractivity contribution in [1.82, 2.24) is 9.97 Å². The van der Waals surface area contributed by atoms with E-state index in [2.05, 4.69) is 9.97 Å². The molecule has 2 saturated heterocycles. The second-order valence-electron chi connectivity index (χ2n) is 5.73. The van der Waals surface area contributed by atoms with Crippen molar-refractivity contribution in [1.29, 1.82) is 0 Å². The number of para-hydroxylation sites is 2. The Labute approximate surface area is 117 Å². The van der Waals surface area contributed by atoms with Crippen LogP contribution in [0.25, 0.3) is 11.0 Å². The second kappa shape index (κ2) is 4.63. The van der Waals surface area contributed by atoms with Crippen molar-refractivity contribution in [3.63, 3.8) is 0 Å².